The standard InChI is InChI=1S/C20H22N4O/c21-12-14-1-3-15(4-2-14)18-11-19(24-23-18)16-5-7-17(8-6-16)20-13-22-9-10-25-20/h1-8,18-20,22-24H,9-11,13H2/t18?,19?,20-/m0/s1. The second-order valence-corrected chi connectivity index (χ2v) is 6.59. The van der Waals surface area contributed by atoms with Crippen LogP contribution >= 0.6 is 0 Å². The van der Waals surface area contributed by atoms with Gasteiger partial charge in [0, 0.05) is 25.2 Å². The van der Waals surface area contributed by atoms with Gasteiger partial charge in [0.05, 0.1) is 24.3 Å². The number of hydrazine groups is 1. The molecule has 2 aromatic carbocycles. The maximum atomic E-state index is 8.91. The molecule has 2 aliphatic rings. The maximum Gasteiger partial charge on any atom is 0.0991 e. The number of hydrogen-bond donors (Lipinski definition) is 3. The summed E-state index contributed by atoms with van der Waals surface area (Å²) in [6.45, 7) is 2.58. The van der Waals surface area contributed by atoms with Crippen LogP contribution in [0.5, 0.6) is 0 Å². The number of hydrogen-bond acceptors (Lipinski definition) is 5. The first-order valence-corrected chi connectivity index (χ1v) is 8.77. The zero-order valence-corrected chi connectivity index (χ0v) is 14.0. The van der Waals surface area contributed by atoms with Crippen molar-refractivity contribution >= 4 is 0 Å². The van der Waals surface area contributed by atoms with Gasteiger partial charge >= 0.3 is 0 Å². The Balaban J connectivity index is 1.41. The van der Waals surface area contributed by atoms with E-state index in [4.69, 9.17) is 10.00 Å². The number of benzene rings is 2. The fourth-order valence-electron chi connectivity index (χ4n) is 3.51. The average molecular weight is 334 g/mol. The third-order valence-electron chi connectivity index (χ3n) is 4.98. The lowest BCUT2D eigenvalue weighted by Crippen LogP contribution is -2.33. The fraction of sp³-hybridized carbons (Fsp3) is 0.350. The molecular weight excluding hydrogens is 312 g/mol. The first-order chi connectivity index (χ1) is 12.3. The minimum absolute atomic E-state index is 0.156. The minimum Gasteiger partial charge on any atom is -0.371 e. The second kappa shape index (κ2) is 7.34. The number of nitrogens with zero attached hydrogens (tertiary/aromatic N) is 1. The van der Waals surface area contributed by atoms with E-state index in [9.17, 15) is 0 Å². The smallest absolute Gasteiger partial charge is 0.0991 e. The zero-order valence-electron chi connectivity index (χ0n) is 14.0. The SMILES string of the molecule is N#Cc1ccc(C2CC(c3ccc([C@@H]4CNCCO4)cc3)NN2)cc1. The lowest BCUT2D eigenvalue weighted by molar-refractivity contribution is 0.0277. The van der Waals surface area contributed by atoms with Crippen molar-refractivity contribution in [3.05, 3.63) is 70.8 Å². The van der Waals surface area contributed by atoms with Crippen LogP contribution in [-0.4, -0.2) is 19.7 Å². The summed E-state index contributed by atoms with van der Waals surface area (Å²) in [6.07, 6.45) is 1.14. The Morgan fingerprint density at radius 3 is 2.04 bits per heavy atom. The average Bonchev–Trinajstić information content (AvgIpc) is 3.19. The van der Waals surface area contributed by atoms with Crippen molar-refractivity contribution in [2.45, 2.75) is 24.6 Å². The van der Waals surface area contributed by atoms with Gasteiger partial charge < -0.3 is 10.1 Å². The lowest BCUT2D eigenvalue weighted by Gasteiger charge is -2.24. The van der Waals surface area contributed by atoms with Gasteiger partial charge in [-0.25, -0.2) is 10.9 Å². The molecule has 5 nitrogen and oxygen atoms in total. The Hall–Kier alpha value is -2.23. The van der Waals surface area contributed by atoms with Crippen molar-refractivity contribution in [2.75, 3.05) is 19.7 Å². The van der Waals surface area contributed by atoms with E-state index in [1.54, 1.807) is 0 Å². The summed E-state index contributed by atoms with van der Waals surface area (Å²) < 4.78 is 5.81. The first-order valence-electron chi connectivity index (χ1n) is 8.77. The van der Waals surface area contributed by atoms with E-state index in [0.717, 1.165) is 26.1 Å². The molecule has 3 N–H and O–H groups in total. The molecule has 0 aliphatic carbocycles. The molecule has 0 radical (unpaired) electrons. The van der Waals surface area contributed by atoms with E-state index in [1.165, 1.54) is 16.7 Å². The third-order valence-corrected chi connectivity index (χ3v) is 4.98. The highest BCUT2D eigenvalue weighted by molar-refractivity contribution is 5.34. The number of ether oxygens (including phenoxy) is 1. The molecule has 25 heavy (non-hydrogen) atoms. The summed E-state index contributed by atoms with van der Waals surface area (Å²) in [6, 6.07) is 19.2. The van der Waals surface area contributed by atoms with E-state index < -0.39 is 0 Å². The van der Waals surface area contributed by atoms with Gasteiger partial charge in [0.15, 0.2) is 0 Å². The molecule has 4 rings (SSSR count). The van der Waals surface area contributed by atoms with E-state index >= 15 is 0 Å². The van der Waals surface area contributed by atoms with Gasteiger partial charge in [-0.15, -0.1) is 0 Å². The van der Waals surface area contributed by atoms with Gasteiger partial charge in [0.2, 0.25) is 0 Å². The number of nitrogens with one attached hydrogen (secondary N) is 3. The third kappa shape index (κ3) is 3.58. The van der Waals surface area contributed by atoms with Crippen molar-refractivity contribution in [2.24, 2.45) is 0 Å². The van der Waals surface area contributed by atoms with Crippen LogP contribution in [0.2, 0.25) is 0 Å². The van der Waals surface area contributed by atoms with Crippen molar-refractivity contribution in [3.8, 4) is 6.07 Å². The summed E-state index contributed by atoms with van der Waals surface area (Å²) >= 11 is 0. The van der Waals surface area contributed by atoms with Gasteiger partial charge in [-0.2, -0.15) is 5.26 Å². The number of nitriles is 1. The Bertz CT molecular complexity index is 745. The highest BCUT2D eigenvalue weighted by Crippen LogP contribution is 2.31. The largest absolute Gasteiger partial charge is 0.371 e. The molecule has 0 bridgehead atoms. The molecular formula is C20H22N4O. The van der Waals surface area contributed by atoms with E-state index in [2.05, 4.69) is 46.5 Å². The summed E-state index contributed by atoms with van der Waals surface area (Å²) in [7, 11) is 0. The second-order valence-electron chi connectivity index (χ2n) is 6.59. The van der Waals surface area contributed by atoms with Crippen LogP contribution in [0.25, 0.3) is 0 Å². The molecule has 0 aromatic heterocycles. The minimum atomic E-state index is 0.156. The van der Waals surface area contributed by atoms with Gasteiger partial charge in [0.1, 0.15) is 0 Å². The van der Waals surface area contributed by atoms with Gasteiger partial charge in [-0.3, -0.25) is 0 Å². The van der Waals surface area contributed by atoms with Gasteiger partial charge in [-0.05, 0) is 35.2 Å². The Kier molecular flexibility index (Phi) is 4.77. The molecule has 0 amide bonds. The van der Waals surface area contributed by atoms with Crippen molar-refractivity contribution in [1.29, 1.82) is 5.26 Å². The van der Waals surface area contributed by atoms with Crippen LogP contribution < -0.4 is 16.2 Å². The molecule has 0 spiro atoms. The highest BCUT2D eigenvalue weighted by atomic mass is 16.5. The Morgan fingerprint density at radius 2 is 1.48 bits per heavy atom. The van der Waals surface area contributed by atoms with E-state index in [-0.39, 0.29) is 18.2 Å². The topological polar surface area (TPSA) is 69.1 Å². The molecule has 0 saturated carbocycles. The summed E-state index contributed by atoms with van der Waals surface area (Å²) in [4.78, 5) is 0. The molecule has 2 unspecified atom stereocenters. The van der Waals surface area contributed by atoms with E-state index in [1.807, 2.05) is 24.3 Å². The molecule has 5 heteroatoms. The van der Waals surface area contributed by atoms with Crippen LogP contribution in [0.1, 0.15) is 46.9 Å². The van der Waals surface area contributed by atoms with E-state index in [0.29, 0.717) is 5.56 Å². The maximum absolute atomic E-state index is 8.91. The number of rotatable bonds is 3. The van der Waals surface area contributed by atoms with Crippen LogP contribution in [0.15, 0.2) is 48.5 Å². The van der Waals surface area contributed by atoms with Crippen molar-refractivity contribution < 1.29 is 4.74 Å². The Labute approximate surface area is 148 Å². The lowest BCUT2D eigenvalue weighted by atomic mass is 9.96. The van der Waals surface area contributed by atoms with Crippen LogP contribution in [0, 0.1) is 11.3 Å². The molecule has 2 fully saturated rings. The summed E-state index contributed by atoms with van der Waals surface area (Å²) in [5.41, 5.74) is 11.2. The molecule has 2 aromatic rings. The predicted octanol–water partition coefficient (Wildman–Crippen LogP) is 2.50. The normalized spacial score (nSPS) is 26.3. The number of morpholine rings is 1. The van der Waals surface area contributed by atoms with Crippen LogP contribution in [0.3, 0.4) is 0 Å². The highest BCUT2D eigenvalue weighted by Gasteiger charge is 2.26. The Morgan fingerprint density at radius 1 is 0.880 bits per heavy atom. The summed E-state index contributed by atoms with van der Waals surface area (Å²) in [5, 5.41) is 12.3. The quantitative estimate of drug-likeness (QED) is 0.805. The first kappa shape index (κ1) is 16.2. The van der Waals surface area contributed by atoms with Crippen LogP contribution in [-0.2, 0) is 4.74 Å². The zero-order chi connectivity index (χ0) is 17.1. The molecule has 128 valence electrons. The predicted molar refractivity (Wildman–Crippen MR) is 95.5 cm³/mol. The molecule has 2 heterocycles. The molecule has 2 aliphatic heterocycles. The molecule has 3 atom stereocenters. The monoisotopic (exact) mass is 334 g/mol. The van der Waals surface area contributed by atoms with Gasteiger partial charge in [0.25, 0.3) is 0 Å². The molecule has 2 saturated heterocycles. The van der Waals surface area contributed by atoms with Gasteiger partial charge in [-0.1, -0.05) is 36.4 Å². The summed E-state index contributed by atoms with van der Waals surface area (Å²) in [5.74, 6) is 0. The fourth-order valence-corrected chi connectivity index (χ4v) is 3.51. The van der Waals surface area contributed by atoms with Crippen molar-refractivity contribution in [3.63, 3.8) is 0 Å². The van der Waals surface area contributed by atoms with Crippen LogP contribution in [0.4, 0.5) is 0 Å². The van der Waals surface area contributed by atoms with Crippen molar-refractivity contribution in [1.82, 2.24) is 16.2 Å².